The Morgan fingerprint density at radius 1 is 0.879 bits per heavy atom. The van der Waals surface area contributed by atoms with E-state index in [1.807, 2.05) is 12.1 Å². The smallest absolute Gasteiger partial charge is 0.315 e. The van der Waals surface area contributed by atoms with Gasteiger partial charge in [0.25, 0.3) is 0 Å². The summed E-state index contributed by atoms with van der Waals surface area (Å²) < 4.78 is 11.2. The Bertz CT molecular complexity index is 887. The van der Waals surface area contributed by atoms with Crippen molar-refractivity contribution < 1.29 is 19.1 Å². The standard InChI is InChI=1S/C27H38N2O4/c1-18(30)32-21-8-10-23(11-9-21)33-22-6-4-20(5-7-22)28-24(31)29-27-14-19-12-25(2,16-27)15-26(3,13-19)17-27/h8-11,19-20,22H,4-7,12-17H2,1-3H3,(H2,28,29,31)/t19?,20?,22?,25-,26+,27?. The van der Waals surface area contributed by atoms with E-state index in [1.54, 1.807) is 12.1 Å². The van der Waals surface area contributed by atoms with Gasteiger partial charge < -0.3 is 20.1 Å². The predicted molar refractivity (Wildman–Crippen MR) is 126 cm³/mol. The number of esters is 1. The minimum absolute atomic E-state index is 0.00835. The molecule has 6 rings (SSSR count). The molecule has 0 aliphatic heterocycles. The third kappa shape index (κ3) is 4.99. The largest absolute Gasteiger partial charge is 0.490 e. The van der Waals surface area contributed by atoms with Gasteiger partial charge in [0.05, 0.1) is 6.10 Å². The van der Waals surface area contributed by atoms with Crippen molar-refractivity contribution in [1.82, 2.24) is 10.6 Å². The molecule has 4 bridgehead atoms. The summed E-state index contributed by atoms with van der Waals surface area (Å²) in [5.74, 6) is 1.75. The molecule has 1 aromatic rings. The number of hydrogen-bond acceptors (Lipinski definition) is 4. The Kier molecular flexibility index (Phi) is 5.61. The number of nitrogens with one attached hydrogen (secondary N) is 2. The fourth-order valence-electron chi connectivity index (χ4n) is 8.32. The van der Waals surface area contributed by atoms with Gasteiger partial charge in [-0.1, -0.05) is 13.8 Å². The molecule has 2 unspecified atom stereocenters. The third-order valence-electron chi connectivity index (χ3n) is 8.40. The number of carbonyl (C=O) groups is 2. The van der Waals surface area contributed by atoms with Crippen molar-refractivity contribution in [1.29, 1.82) is 0 Å². The summed E-state index contributed by atoms with van der Waals surface area (Å²) >= 11 is 0. The van der Waals surface area contributed by atoms with Gasteiger partial charge in [-0.15, -0.1) is 0 Å². The number of hydrogen-bond donors (Lipinski definition) is 2. The molecule has 5 aliphatic carbocycles. The van der Waals surface area contributed by atoms with Crippen molar-refractivity contribution in [2.24, 2.45) is 16.7 Å². The molecule has 5 saturated carbocycles. The molecule has 4 atom stereocenters. The molecule has 0 saturated heterocycles. The van der Waals surface area contributed by atoms with Crippen molar-refractivity contribution in [3.63, 3.8) is 0 Å². The molecule has 5 aliphatic rings. The maximum atomic E-state index is 13.0. The number of rotatable bonds is 5. The normalized spacial score (nSPS) is 39.1. The number of urea groups is 1. The highest BCUT2D eigenvalue weighted by molar-refractivity contribution is 5.75. The van der Waals surface area contributed by atoms with Gasteiger partial charge in [0, 0.05) is 18.5 Å². The second-order valence-corrected chi connectivity index (χ2v) is 12.2. The lowest BCUT2D eigenvalue weighted by Crippen LogP contribution is -2.66. The summed E-state index contributed by atoms with van der Waals surface area (Å²) in [5.41, 5.74) is 0.784. The fraction of sp³-hybridized carbons (Fsp3) is 0.704. The van der Waals surface area contributed by atoms with Crippen LogP contribution >= 0.6 is 0 Å². The maximum Gasteiger partial charge on any atom is 0.315 e. The maximum absolute atomic E-state index is 13.0. The first-order chi connectivity index (χ1) is 15.6. The minimum Gasteiger partial charge on any atom is -0.490 e. The molecule has 180 valence electrons. The lowest BCUT2D eigenvalue weighted by molar-refractivity contribution is -0.131. The van der Waals surface area contributed by atoms with E-state index in [4.69, 9.17) is 9.47 Å². The lowest BCUT2D eigenvalue weighted by atomic mass is 9.43. The zero-order valence-electron chi connectivity index (χ0n) is 20.2. The summed E-state index contributed by atoms with van der Waals surface area (Å²) in [5, 5.41) is 6.75. The van der Waals surface area contributed by atoms with Crippen LogP contribution in [-0.2, 0) is 4.79 Å². The first kappa shape index (κ1) is 22.5. The highest BCUT2D eigenvalue weighted by atomic mass is 16.5. The SMILES string of the molecule is CC(=O)Oc1ccc(OC2CCC(NC(=O)NC34CC5C[C@@](C)(C3)C[C@](C)(C5)C4)CC2)cc1. The van der Waals surface area contributed by atoms with Crippen LogP contribution in [0.1, 0.15) is 85.0 Å². The van der Waals surface area contributed by atoms with E-state index in [-0.39, 0.29) is 29.7 Å². The average Bonchev–Trinajstić information content (AvgIpc) is 2.67. The highest BCUT2D eigenvalue weighted by Gasteiger charge is 2.60. The Balaban J connectivity index is 1.09. The quantitative estimate of drug-likeness (QED) is 0.464. The third-order valence-corrected chi connectivity index (χ3v) is 8.40. The predicted octanol–water partition coefficient (Wildman–Crippen LogP) is 5.35. The summed E-state index contributed by atoms with van der Waals surface area (Å²) in [4.78, 5) is 24.0. The van der Waals surface area contributed by atoms with Gasteiger partial charge in [-0.05, 0) is 105 Å². The average molecular weight is 455 g/mol. The van der Waals surface area contributed by atoms with E-state index >= 15 is 0 Å². The summed E-state index contributed by atoms with van der Waals surface area (Å²) in [6, 6.07) is 7.40. The zero-order valence-corrected chi connectivity index (χ0v) is 20.2. The van der Waals surface area contributed by atoms with Crippen LogP contribution in [0.15, 0.2) is 24.3 Å². The molecule has 0 aromatic heterocycles. The van der Waals surface area contributed by atoms with Gasteiger partial charge >= 0.3 is 12.0 Å². The van der Waals surface area contributed by atoms with Crippen LogP contribution in [0.3, 0.4) is 0 Å². The van der Waals surface area contributed by atoms with Gasteiger partial charge in [-0.2, -0.15) is 0 Å². The first-order valence-electron chi connectivity index (χ1n) is 12.7. The molecule has 0 heterocycles. The van der Waals surface area contributed by atoms with E-state index in [0.29, 0.717) is 16.6 Å². The number of carbonyl (C=O) groups excluding carboxylic acids is 2. The van der Waals surface area contributed by atoms with Gasteiger partial charge in [-0.25, -0.2) is 4.79 Å². The van der Waals surface area contributed by atoms with E-state index in [2.05, 4.69) is 24.5 Å². The molecule has 2 N–H and O–H groups in total. The summed E-state index contributed by atoms with van der Waals surface area (Å²) in [6.07, 6.45) is 11.2. The van der Waals surface area contributed by atoms with Crippen molar-refractivity contribution in [2.45, 2.75) is 103 Å². The molecule has 33 heavy (non-hydrogen) atoms. The van der Waals surface area contributed by atoms with Gasteiger partial charge in [0.15, 0.2) is 0 Å². The van der Waals surface area contributed by atoms with Crippen LogP contribution in [0, 0.1) is 16.7 Å². The lowest BCUT2D eigenvalue weighted by Gasteiger charge is -2.65. The Labute approximate surface area is 197 Å². The van der Waals surface area contributed by atoms with Crippen molar-refractivity contribution >= 4 is 12.0 Å². The van der Waals surface area contributed by atoms with Crippen LogP contribution < -0.4 is 20.1 Å². The number of benzene rings is 1. The van der Waals surface area contributed by atoms with Crippen LogP contribution in [-0.4, -0.2) is 29.7 Å². The Morgan fingerprint density at radius 2 is 1.48 bits per heavy atom. The molecular formula is C27H38N2O4. The first-order valence-corrected chi connectivity index (χ1v) is 12.7. The zero-order chi connectivity index (χ0) is 23.3. The summed E-state index contributed by atoms with van der Waals surface area (Å²) in [6.45, 7) is 6.27. The van der Waals surface area contributed by atoms with Crippen LogP contribution in [0.4, 0.5) is 4.79 Å². The summed E-state index contributed by atoms with van der Waals surface area (Å²) in [7, 11) is 0. The highest BCUT2D eigenvalue weighted by Crippen LogP contribution is 2.66. The van der Waals surface area contributed by atoms with E-state index in [0.717, 1.165) is 56.6 Å². The Morgan fingerprint density at radius 3 is 2.06 bits per heavy atom. The minimum atomic E-state index is -0.329. The van der Waals surface area contributed by atoms with Crippen molar-refractivity contribution in [3.8, 4) is 11.5 Å². The van der Waals surface area contributed by atoms with Crippen LogP contribution in [0.2, 0.25) is 0 Å². The van der Waals surface area contributed by atoms with E-state index in [1.165, 1.54) is 26.2 Å². The second kappa shape index (κ2) is 8.21. The van der Waals surface area contributed by atoms with E-state index in [9.17, 15) is 9.59 Å². The van der Waals surface area contributed by atoms with Crippen LogP contribution in [0.5, 0.6) is 11.5 Å². The molecule has 6 heteroatoms. The molecule has 6 nitrogen and oxygen atoms in total. The Hall–Kier alpha value is -2.24. The van der Waals surface area contributed by atoms with Crippen molar-refractivity contribution in [3.05, 3.63) is 24.3 Å². The van der Waals surface area contributed by atoms with Gasteiger partial charge in [0.1, 0.15) is 11.5 Å². The topological polar surface area (TPSA) is 76.7 Å². The van der Waals surface area contributed by atoms with Crippen LogP contribution in [0.25, 0.3) is 0 Å². The molecular weight excluding hydrogens is 416 g/mol. The van der Waals surface area contributed by atoms with E-state index < -0.39 is 0 Å². The van der Waals surface area contributed by atoms with Gasteiger partial charge in [0.2, 0.25) is 0 Å². The fourth-order valence-corrected chi connectivity index (χ4v) is 8.32. The monoisotopic (exact) mass is 454 g/mol. The molecule has 1 aromatic carbocycles. The second-order valence-electron chi connectivity index (χ2n) is 12.2. The molecule has 5 fully saturated rings. The molecule has 0 spiro atoms. The van der Waals surface area contributed by atoms with Gasteiger partial charge in [-0.3, -0.25) is 4.79 Å². The molecule has 2 amide bonds. The number of amides is 2. The van der Waals surface area contributed by atoms with Crippen molar-refractivity contribution in [2.75, 3.05) is 0 Å². The number of ether oxygens (including phenoxy) is 2. The molecule has 0 radical (unpaired) electrons.